The average molecular weight is 261 g/mol. The average Bonchev–Trinajstić information content (AvgIpc) is 2.76. The lowest BCUT2D eigenvalue weighted by Crippen LogP contribution is -2.43. The van der Waals surface area contributed by atoms with Crippen molar-refractivity contribution in [2.45, 2.75) is 32.4 Å². The minimum Gasteiger partial charge on any atom is -0.390 e. The van der Waals surface area contributed by atoms with Crippen LogP contribution in [0, 0.1) is 0 Å². The van der Waals surface area contributed by atoms with Crippen LogP contribution in [0.4, 0.5) is 0 Å². The normalized spacial score (nSPS) is 13.7. The van der Waals surface area contributed by atoms with Crippen molar-refractivity contribution in [3.8, 4) is 0 Å². The summed E-state index contributed by atoms with van der Waals surface area (Å²) < 4.78 is 1.95. The predicted octanol–water partition coefficient (Wildman–Crippen LogP) is 1.93. The van der Waals surface area contributed by atoms with Crippen LogP contribution in [0.2, 0.25) is 0 Å². The lowest BCUT2D eigenvalue weighted by molar-refractivity contribution is 0.170. The molecule has 0 fully saturated rings. The first-order chi connectivity index (χ1) is 8.96. The minimum absolute atomic E-state index is 0.0289. The summed E-state index contributed by atoms with van der Waals surface area (Å²) in [5.74, 6) is 0. The molecule has 1 aromatic heterocycles. The Labute approximate surface area is 114 Å². The summed E-state index contributed by atoms with van der Waals surface area (Å²) in [6.45, 7) is 7.36. The Morgan fingerprint density at radius 2 is 1.89 bits per heavy atom. The fourth-order valence-electron chi connectivity index (χ4n) is 1.92. The van der Waals surface area contributed by atoms with E-state index in [1.54, 1.807) is 0 Å². The number of aromatic nitrogens is 1. The summed E-state index contributed by atoms with van der Waals surface area (Å²) in [4.78, 5) is 0. The highest BCUT2D eigenvalue weighted by Crippen LogP contribution is 2.13. The third-order valence-electron chi connectivity index (χ3n) is 2.96. The van der Waals surface area contributed by atoms with Crippen molar-refractivity contribution < 1.29 is 5.11 Å². The van der Waals surface area contributed by atoms with Crippen LogP contribution < -0.4 is 10.7 Å². The van der Waals surface area contributed by atoms with Crippen LogP contribution in [0.25, 0.3) is 10.9 Å². The molecule has 1 atom stereocenters. The van der Waals surface area contributed by atoms with Gasteiger partial charge in [-0.3, -0.25) is 4.68 Å². The number of hydrogen-bond acceptors (Lipinski definition) is 3. The van der Waals surface area contributed by atoms with Gasteiger partial charge in [-0.1, -0.05) is 18.2 Å². The number of fused-ring (bicyclic) bond motifs is 1. The second kappa shape index (κ2) is 5.63. The zero-order chi connectivity index (χ0) is 13.9. The van der Waals surface area contributed by atoms with Crippen LogP contribution in [0.3, 0.4) is 0 Å². The molecular formula is C15H23N3O. The highest BCUT2D eigenvalue weighted by molar-refractivity contribution is 5.80. The van der Waals surface area contributed by atoms with Crippen LogP contribution in [0.1, 0.15) is 20.8 Å². The van der Waals surface area contributed by atoms with Gasteiger partial charge in [0.15, 0.2) is 0 Å². The first-order valence-electron chi connectivity index (χ1n) is 6.69. The second-order valence-electron chi connectivity index (χ2n) is 5.89. The highest BCUT2D eigenvalue weighted by atomic mass is 16.3. The van der Waals surface area contributed by atoms with E-state index in [-0.39, 0.29) is 5.54 Å². The summed E-state index contributed by atoms with van der Waals surface area (Å²) in [6.07, 6.45) is 1.56. The maximum absolute atomic E-state index is 9.95. The van der Waals surface area contributed by atoms with Gasteiger partial charge >= 0.3 is 0 Å². The zero-order valence-electron chi connectivity index (χ0n) is 11.9. The Bertz CT molecular complexity index is 527. The van der Waals surface area contributed by atoms with Gasteiger partial charge in [-0.15, -0.1) is 0 Å². The fraction of sp³-hybridized carbons (Fsp3) is 0.467. The molecule has 19 heavy (non-hydrogen) atoms. The summed E-state index contributed by atoms with van der Waals surface area (Å²) in [5.41, 5.74) is 4.38. The van der Waals surface area contributed by atoms with Crippen LogP contribution in [0.5, 0.6) is 0 Å². The monoisotopic (exact) mass is 261 g/mol. The van der Waals surface area contributed by atoms with Crippen LogP contribution in [-0.4, -0.2) is 34.5 Å². The van der Waals surface area contributed by atoms with E-state index in [2.05, 4.69) is 49.7 Å². The van der Waals surface area contributed by atoms with Crippen molar-refractivity contribution in [2.24, 2.45) is 0 Å². The molecule has 4 heteroatoms. The van der Waals surface area contributed by atoms with Crippen molar-refractivity contribution in [3.05, 3.63) is 36.5 Å². The van der Waals surface area contributed by atoms with Gasteiger partial charge in [-0.2, -0.15) is 0 Å². The third-order valence-corrected chi connectivity index (χ3v) is 2.96. The summed E-state index contributed by atoms with van der Waals surface area (Å²) in [5, 5.41) is 14.4. The Balaban J connectivity index is 1.88. The Hall–Kier alpha value is -1.52. The minimum atomic E-state index is -0.416. The molecule has 104 valence electrons. The molecule has 2 rings (SSSR count). The molecule has 4 nitrogen and oxygen atoms in total. The molecule has 0 bridgehead atoms. The molecule has 3 N–H and O–H groups in total. The lowest BCUT2D eigenvalue weighted by Gasteiger charge is -2.23. The van der Waals surface area contributed by atoms with Gasteiger partial charge in [0.05, 0.1) is 18.2 Å². The first kappa shape index (κ1) is 13.9. The summed E-state index contributed by atoms with van der Waals surface area (Å²) in [7, 11) is 0. The molecule has 1 unspecified atom stereocenters. The van der Waals surface area contributed by atoms with E-state index in [9.17, 15) is 5.11 Å². The largest absolute Gasteiger partial charge is 0.390 e. The molecule has 0 saturated heterocycles. The van der Waals surface area contributed by atoms with Gasteiger partial charge in [-0.25, -0.2) is 0 Å². The standard InChI is InChI=1S/C15H23N3O/c1-15(2,3)16-10-13(19)11-17-18-9-8-12-6-4-5-7-14(12)18/h4-9,13,16-17,19H,10-11H2,1-3H3. The van der Waals surface area contributed by atoms with Gasteiger partial charge in [0.2, 0.25) is 0 Å². The number of aliphatic hydroxyl groups is 1. The first-order valence-corrected chi connectivity index (χ1v) is 6.69. The molecule has 0 spiro atoms. The molecule has 0 saturated carbocycles. The van der Waals surface area contributed by atoms with Crippen molar-refractivity contribution in [1.29, 1.82) is 0 Å². The van der Waals surface area contributed by atoms with Gasteiger partial charge in [0, 0.05) is 23.7 Å². The van der Waals surface area contributed by atoms with Crippen LogP contribution in [-0.2, 0) is 0 Å². The molecule has 0 aliphatic rings. The molecule has 2 aromatic rings. The quantitative estimate of drug-likeness (QED) is 0.771. The SMILES string of the molecule is CC(C)(C)NCC(O)CNn1ccc2ccccc21. The molecule has 0 amide bonds. The van der Waals surface area contributed by atoms with Crippen molar-refractivity contribution in [1.82, 2.24) is 9.99 Å². The summed E-state index contributed by atoms with van der Waals surface area (Å²) >= 11 is 0. The number of para-hydroxylation sites is 1. The molecule has 1 aromatic carbocycles. The van der Waals surface area contributed by atoms with Crippen LogP contribution >= 0.6 is 0 Å². The number of rotatable bonds is 5. The fourth-order valence-corrected chi connectivity index (χ4v) is 1.92. The second-order valence-corrected chi connectivity index (χ2v) is 5.89. The number of nitrogens with zero attached hydrogens (tertiary/aromatic N) is 1. The van der Waals surface area contributed by atoms with E-state index < -0.39 is 6.10 Å². The van der Waals surface area contributed by atoms with E-state index in [4.69, 9.17) is 0 Å². The Kier molecular flexibility index (Phi) is 4.12. The predicted molar refractivity (Wildman–Crippen MR) is 79.9 cm³/mol. The molecule has 0 radical (unpaired) electrons. The van der Waals surface area contributed by atoms with Gasteiger partial charge in [-0.05, 0) is 32.9 Å². The van der Waals surface area contributed by atoms with Gasteiger partial charge < -0.3 is 15.8 Å². The lowest BCUT2D eigenvalue weighted by atomic mass is 10.1. The van der Waals surface area contributed by atoms with Crippen molar-refractivity contribution >= 4 is 10.9 Å². The Morgan fingerprint density at radius 1 is 1.16 bits per heavy atom. The summed E-state index contributed by atoms with van der Waals surface area (Å²) in [6, 6.07) is 10.2. The van der Waals surface area contributed by atoms with E-state index in [1.807, 2.05) is 23.0 Å². The third kappa shape index (κ3) is 3.98. The molecule has 0 aliphatic carbocycles. The smallest absolute Gasteiger partial charge is 0.0852 e. The van der Waals surface area contributed by atoms with Gasteiger partial charge in [0.1, 0.15) is 0 Å². The maximum atomic E-state index is 9.95. The maximum Gasteiger partial charge on any atom is 0.0852 e. The van der Waals surface area contributed by atoms with E-state index in [1.165, 1.54) is 5.39 Å². The topological polar surface area (TPSA) is 49.2 Å². The number of hydrogen-bond donors (Lipinski definition) is 3. The number of nitrogens with one attached hydrogen (secondary N) is 2. The zero-order valence-corrected chi connectivity index (χ0v) is 11.9. The van der Waals surface area contributed by atoms with Crippen molar-refractivity contribution in [3.63, 3.8) is 0 Å². The number of β-amino-alcohol motifs (C(OH)–C–C–N with tert-alkyl or cyclic N) is 1. The molecule has 0 aliphatic heterocycles. The Morgan fingerprint density at radius 3 is 2.63 bits per heavy atom. The van der Waals surface area contributed by atoms with E-state index in [0.717, 1.165) is 5.52 Å². The van der Waals surface area contributed by atoms with Gasteiger partial charge in [0.25, 0.3) is 0 Å². The van der Waals surface area contributed by atoms with E-state index in [0.29, 0.717) is 13.1 Å². The highest BCUT2D eigenvalue weighted by Gasteiger charge is 2.12. The molecular weight excluding hydrogens is 238 g/mol. The van der Waals surface area contributed by atoms with Crippen molar-refractivity contribution in [2.75, 3.05) is 18.5 Å². The van der Waals surface area contributed by atoms with Crippen LogP contribution in [0.15, 0.2) is 36.5 Å². The number of aliphatic hydroxyl groups excluding tert-OH is 1. The molecule has 1 heterocycles. The van der Waals surface area contributed by atoms with E-state index >= 15 is 0 Å². The number of benzene rings is 1.